The van der Waals surface area contributed by atoms with Crippen LogP contribution in [0.4, 0.5) is 10.1 Å². The smallest absolute Gasteiger partial charge is 0.266 e. The summed E-state index contributed by atoms with van der Waals surface area (Å²) < 4.78 is 40.1. The molecule has 1 heterocycles. The number of anilines is 1. The third-order valence-corrected chi connectivity index (χ3v) is 4.61. The molecule has 1 aromatic carbocycles. The van der Waals surface area contributed by atoms with E-state index >= 15 is 0 Å². The van der Waals surface area contributed by atoms with Crippen molar-refractivity contribution in [2.75, 3.05) is 4.72 Å². The Morgan fingerprint density at radius 2 is 2.05 bits per heavy atom. The van der Waals surface area contributed by atoms with Crippen molar-refractivity contribution in [2.24, 2.45) is 0 Å². The molecule has 0 amide bonds. The van der Waals surface area contributed by atoms with Crippen molar-refractivity contribution >= 4 is 43.2 Å². The van der Waals surface area contributed by atoms with Crippen LogP contribution in [-0.2, 0) is 10.0 Å². The summed E-state index contributed by atoms with van der Waals surface area (Å²) >= 11 is 8.61. The molecule has 0 spiro atoms. The number of hydrogen-bond donors (Lipinski definition) is 2. The second-order valence-corrected chi connectivity index (χ2v) is 6.66. The minimum Gasteiger partial charge on any atom is -0.326 e. The summed E-state index contributed by atoms with van der Waals surface area (Å²) in [5, 5.41) is -0.277. The van der Waals surface area contributed by atoms with E-state index in [1.807, 2.05) is 0 Å². The molecule has 1 aromatic heterocycles. The first kappa shape index (κ1) is 15.0. The van der Waals surface area contributed by atoms with E-state index in [4.69, 9.17) is 11.6 Å². The third-order valence-electron chi connectivity index (χ3n) is 2.34. The minimum atomic E-state index is -4.07. The Bertz CT molecular complexity index is 802. The second-order valence-electron chi connectivity index (χ2n) is 3.71. The molecule has 0 saturated heterocycles. The Morgan fingerprint density at radius 3 is 2.65 bits per heavy atom. The maximum atomic E-state index is 13.6. The number of sulfonamides is 1. The zero-order valence-corrected chi connectivity index (χ0v) is 12.8. The summed E-state index contributed by atoms with van der Waals surface area (Å²) in [6.45, 7) is 0. The number of hydrogen-bond acceptors (Lipinski definition) is 3. The van der Waals surface area contributed by atoms with E-state index in [1.165, 1.54) is 12.1 Å². The van der Waals surface area contributed by atoms with Crippen LogP contribution in [0.15, 0.2) is 44.6 Å². The van der Waals surface area contributed by atoms with Crippen molar-refractivity contribution in [1.82, 2.24) is 4.98 Å². The number of rotatable bonds is 3. The van der Waals surface area contributed by atoms with Crippen molar-refractivity contribution in [1.29, 1.82) is 0 Å². The molecule has 0 radical (unpaired) electrons. The topological polar surface area (TPSA) is 79.0 Å². The van der Waals surface area contributed by atoms with E-state index in [2.05, 4.69) is 25.6 Å². The van der Waals surface area contributed by atoms with Gasteiger partial charge in [0.1, 0.15) is 15.7 Å². The first-order chi connectivity index (χ1) is 9.31. The molecule has 2 N–H and O–H groups in total. The Labute approximate surface area is 127 Å². The summed E-state index contributed by atoms with van der Waals surface area (Å²) in [6.07, 6.45) is 0.977. The van der Waals surface area contributed by atoms with Crippen molar-refractivity contribution in [3.8, 4) is 0 Å². The quantitative estimate of drug-likeness (QED) is 0.858. The van der Waals surface area contributed by atoms with Crippen LogP contribution >= 0.6 is 27.5 Å². The van der Waals surface area contributed by atoms with E-state index in [-0.39, 0.29) is 20.1 Å². The molecule has 0 aliphatic rings. The molecule has 20 heavy (non-hydrogen) atoms. The zero-order valence-electron chi connectivity index (χ0n) is 9.65. The number of aromatic amines is 1. The summed E-state index contributed by atoms with van der Waals surface area (Å²) in [4.78, 5) is 13.0. The molecular formula is C11H7BrClFN2O3S. The Balaban J connectivity index is 2.46. The molecule has 0 saturated carbocycles. The van der Waals surface area contributed by atoms with Crippen molar-refractivity contribution in [2.45, 2.75) is 4.90 Å². The van der Waals surface area contributed by atoms with Crippen LogP contribution in [0.25, 0.3) is 0 Å². The van der Waals surface area contributed by atoms with Gasteiger partial charge in [-0.1, -0.05) is 17.7 Å². The van der Waals surface area contributed by atoms with Gasteiger partial charge in [0, 0.05) is 10.7 Å². The summed E-state index contributed by atoms with van der Waals surface area (Å²) in [6, 6.07) is 5.01. The molecule has 2 rings (SSSR count). The highest BCUT2D eigenvalue weighted by atomic mass is 79.9. The van der Waals surface area contributed by atoms with E-state index < -0.39 is 21.4 Å². The predicted molar refractivity (Wildman–Crippen MR) is 77.0 cm³/mol. The third kappa shape index (κ3) is 3.02. The molecule has 2 aromatic rings. The molecular weight excluding hydrogens is 375 g/mol. The Hall–Kier alpha value is -1.38. The van der Waals surface area contributed by atoms with Crippen LogP contribution in [0.1, 0.15) is 0 Å². The predicted octanol–water partition coefficient (Wildman–Crippen LogP) is 2.73. The van der Waals surface area contributed by atoms with Crippen LogP contribution < -0.4 is 10.3 Å². The monoisotopic (exact) mass is 380 g/mol. The fourth-order valence-electron chi connectivity index (χ4n) is 1.38. The largest absolute Gasteiger partial charge is 0.326 e. The number of halogens is 3. The van der Waals surface area contributed by atoms with Crippen LogP contribution in [0.5, 0.6) is 0 Å². The highest BCUT2D eigenvalue weighted by Crippen LogP contribution is 2.27. The van der Waals surface area contributed by atoms with Crippen LogP contribution in [-0.4, -0.2) is 13.4 Å². The minimum absolute atomic E-state index is 0.227. The van der Waals surface area contributed by atoms with E-state index in [1.54, 1.807) is 0 Å². The second kappa shape index (κ2) is 5.55. The van der Waals surface area contributed by atoms with Gasteiger partial charge in [-0.15, -0.1) is 0 Å². The highest BCUT2D eigenvalue weighted by Gasteiger charge is 2.19. The lowest BCUT2D eigenvalue weighted by Crippen LogP contribution is -2.17. The number of pyridine rings is 1. The molecule has 0 atom stereocenters. The molecule has 0 bridgehead atoms. The number of nitrogens with one attached hydrogen (secondary N) is 2. The van der Waals surface area contributed by atoms with Gasteiger partial charge in [0.2, 0.25) is 0 Å². The standard InChI is InChI=1S/C11H7BrClFN2O3S/c12-7-2-1-3-9(14)10(7)16-20(18,19)6-4-8(13)11(17)15-5-6/h1-5,16H,(H,15,17). The molecule has 106 valence electrons. The van der Waals surface area contributed by atoms with Crippen molar-refractivity contribution in [3.63, 3.8) is 0 Å². The summed E-state index contributed by atoms with van der Waals surface area (Å²) in [5.41, 5.74) is -0.840. The van der Waals surface area contributed by atoms with Crippen LogP contribution in [0.2, 0.25) is 5.02 Å². The van der Waals surface area contributed by atoms with Crippen LogP contribution in [0, 0.1) is 5.82 Å². The maximum Gasteiger partial charge on any atom is 0.266 e. The lowest BCUT2D eigenvalue weighted by molar-refractivity contribution is 0.598. The van der Waals surface area contributed by atoms with Gasteiger partial charge in [-0.3, -0.25) is 9.52 Å². The SMILES string of the molecule is O=c1[nH]cc(S(=O)(=O)Nc2c(F)cccc2Br)cc1Cl. The Kier molecular flexibility index (Phi) is 4.17. The molecule has 0 aliphatic heterocycles. The van der Waals surface area contributed by atoms with Crippen molar-refractivity contribution < 1.29 is 12.8 Å². The first-order valence-corrected chi connectivity index (χ1v) is 7.82. The molecule has 5 nitrogen and oxygen atoms in total. The van der Waals surface area contributed by atoms with E-state index in [9.17, 15) is 17.6 Å². The van der Waals surface area contributed by atoms with Gasteiger partial charge in [0.15, 0.2) is 0 Å². The van der Waals surface area contributed by atoms with Gasteiger partial charge in [0.25, 0.3) is 15.6 Å². The van der Waals surface area contributed by atoms with E-state index in [0.29, 0.717) is 0 Å². The number of aromatic nitrogens is 1. The van der Waals surface area contributed by atoms with Gasteiger partial charge in [0.05, 0.1) is 5.69 Å². The lowest BCUT2D eigenvalue weighted by atomic mass is 10.3. The number of para-hydroxylation sites is 1. The van der Waals surface area contributed by atoms with Gasteiger partial charge in [-0.05, 0) is 34.1 Å². The number of H-pyrrole nitrogens is 1. The summed E-state index contributed by atoms with van der Waals surface area (Å²) in [7, 11) is -4.07. The normalized spacial score (nSPS) is 11.3. The van der Waals surface area contributed by atoms with Gasteiger partial charge in [-0.2, -0.15) is 0 Å². The molecule has 0 aliphatic carbocycles. The van der Waals surface area contributed by atoms with Gasteiger partial charge < -0.3 is 4.98 Å². The lowest BCUT2D eigenvalue weighted by Gasteiger charge is -2.10. The number of benzene rings is 1. The van der Waals surface area contributed by atoms with E-state index in [0.717, 1.165) is 18.3 Å². The van der Waals surface area contributed by atoms with Crippen LogP contribution in [0.3, 0.4) is 0 Å². The molecule has 0 fully saturated rings. The maximum absolute atomic E-state index is 13.6. The molecule has 0 unspecified atom stereocenters. The van der Waals surface area contributed by atoms with Crippen molar-refractivity contribution in [3.05, 3.63) is 56.1 Å². The van der Waals surface area contributed by atoms with Gasteiger partial charge >= 0.3 is 0 Å². The highest BCUT2D eigenvalue weighted by molar-refractivity contribution is 9.10. The average Bonchev–Trinajstić information content (AvgIpc) is 2.37. The molecule has 9 heteroatoms. The first-order valence-electron chi connectivity index (χ1n) is 5.16. The Morgan fingerprint density at radius 1 is 1.35 bits per heavy atom. The fourth-order valence-corrected chi connectivity index (χ4v) is 3.27. The van der Waals surface area contributed by atoms with Gasteiger partial charge in [-0.25, -0.2) is 12.8 Å². The summed E-state index contributed by atoms with van der Waals surface area (Å²) in [5.74, 6) is -0.738. The fraction of sp³-hybridized carbons (Fsp3) is 0. The average molecular weight is 382 g/mol. The zero-order chi connectivity index (χ0) is 14.9.